The molecule has 0 N–H and O–H groups in total. The van der Waals surface area contributed by atoms with E-state index in [0.29, 0.717) is 30.7 Å². The van der Waals surface area contributed by atoms with Crippen molar-refractivity contribution >= 4 is 17.0 Å². The number of rotatable bonds is 8. The van der Waals surface area contributed by atoms with Crippen molar-refractivity contribution < 1.29 is 14.2 Å². The highest BCUT2D eigenvalue weighted by Gasteiger charge is 2.18. The van der Waals surface area contributed by atoms with E-state index in [1.165, 1.54) is 6.42 Å². The number of methoxy groups -OCH3 is 2. The monoisotopic (exact) mass is 412 g/mol. The van der Waals surface area contributed by atoms with Crippen LogP contribution in [-0.2, 0) is 11.3 Å². The first-order chi connectivity index (χ1) is 14.3. The predicted octanol–water partition coefficient (Wildman–Crippen LogP) is 3.83. The molecule has 1 aliphatic carbocycles. The van der Waals surface area contributed by atoms with Crippen molar-refractivity contribution in [2.75, 3.05) is 20.8 Å². The highest BCUT2D eigenvalue weighted by atomic mass is 32.1. The minimum absolute atomic E-state index is 0.396. The zero-order valence-electron chi connectivity index (χ0n) is 16.6. The maximum absolute atomic E-state index is 5.99. The van der Waals surface area contributed by atoms with E-state index in [1.54, 1.807) is 44.1 Å². The van der Waals surface area contributed by atoms with Crippen LogP contribution in [0.1, 0.15) is 19.3 Å². The molecule has 0 atom stereocenters. The molecule has 0 bridgehead atoms. The minimum atomic E-state index is 0.396. The highest BCUT2D eigenvalue weighted by Crippen LogP contribution is 2.31. The summed E-state index contributed by atoms with van der Waals surface area (Å²) in [5.41, 5.74) is 2.50. The molecule has 0 spiro atoms. The van der Waals surface area contributed by atoms with E-state index in [1.807, 2.05) is 18.2 Å². The number of hydrogen-bond acceptors (Lipinski definition) is 7. The molecule has 0 unspecified atom stereocenters. The summed E-state index contributed by atoms with van der Waals surface area (Å²) in [6.07, 6.45) is 9.11. The Kier molecular flexibility index (Phi) is 6.21. The first-order valence-corrected chi connectivity index (χ1v) is 10.5. The third kappa shape index (κ3) is 4.49. The third-order valence-electron chi connectivity index (χ3n) is 4.95. The van der Waals surface area contributed by atoms with Crippen molar-refractivity contribution in [3.63, 3.8) is 0 Å². The molecular formula is C21H24N4O3S. The Bertz CT molecular complexity index is 1010. The summed E-state index contributed by atoms with van der Waals surface area (Å²) in [6.45, 7) is 1.33. The van der Waals surface area contributed by atoms with Gasteiger partial charge < -0.3 is 18.8 Å². The molecule has 152 valence electrons. The lowest BCUT2D eigenvalue weighted by molar-refractivity contribution is -0.00140. The zero-order chi connectivity index (χ0) is 20.1. The summed E-state index contributed by atoms with van der Waals surface area (Å²) in [7, 11) is 3.28. The normalized spacial score (nSPS) is 14.6. The van der Waals surface area contributed by atoms with Crippen LogP contribution in [0.4, 0.5) is 5.69 Å². The van der Waals surface area contributed by atoms with Crippen molar-refractivity contribution in [2.24, 2.45) is 4.99 Å². The molecule has 0 saturated heterocycles. The summed E-state index contributed by atoms with van der Waals surface area (Å²) >= 11 is 1.55. The van der Waals surface area contributed by atoms with Gasteiger partial charge in [0.1, 0.15) is 22.9 Å². The van der Waals surface area contributed by atoms with E-state index in [4.69, 9.17) is 19.2 Å². The Morgan fingerprint density at radius 1 is 1.21 bits per heavy atom. The lowest BCUT2D eigenvalue weighted by Gasteiger charge is -2.25. The van der Waals surface area contributed by atoms with Gasteiger partial charge in [-0.2, -0.15) is 0 Å². The second kappa shape index (κ2) is 9.19. The van der Waals surface area contributed by atoms with Crippen LogP contribution in [0, 0.1) is 0 Å². The molecule has 8 heteroatoms. The smallest absolute Gasteiger partial charge is 0.190 e. The van der Waals surface area contributed by atoms with Crippen molar-refractivity contribution in [2.45, 2.75) is 31.9 Å². The van der Waals surface area contributed by atoms with E-state index in [0.717, 1.165) is 34.8 Å². The lowest BCUT2D eigenvalue weighted by Crippen LogP contribution is -2.26. The van der Waals surface area contributed by atoms with Gasteiger partial charge in [0, 0.05) is 30.4 Å². The van der Waals surface area contributed by atoms with Gasteiger partial charge in [-0.15, -0.1) is 11.3 Å². The molecule has 4 rings (SSSR count). The number of thiazole rings is 1. The molecule has 3 aromatic rings. The van der Waals surface area contributed by atoms with Crippen LogP contribution in [0.3, 0.4) is 0 Å². The van der Waals surface area contributed by atoms with E-state index < -0.39 is 0 Å². The molecule has 2 aromatic heterocycles. The molecule has 7 nitrogen and oxygen atoms in total. The van der Waals surface area contributed by atoms with Crippen LogP contribution < -0.4 is 14.3 Å². The fraction of sp³-hybridized carbons (Fsp3) is 0.381. The average molecular weight is 413 g/mol. The molecule has 1 aliphatic rings. The predicted molar refractivity (Wildman–Crippen MR) is 112 cm³/mol. The molecular weight excluding hydrogens is 388 g/mol. The van der Waals surface area contributed by atoms with Gasteiger partial charge in [0.15, 0.2) is 4.80 Å². The maximum atomic E-state index is 5.99. The first-order valence-electron chi connectivity index (χ1n) is 9.61. The second-order valence-electron chi connectivity index (χ2n) is 6.72. The Morgan fingerprint density at radius 3 is 2.79 bits per heavy atom. The minimum Gasteiger partial charge on any atom is -0.497 e. The molecule has 2 heterocycles. The van der Waals surface area contributed by atoms with Crippen molar-refractivity contribution in [3.8, 4) is 22.9 Å². The van der Waals surface area contributed by atoms with Crippen LogP contribution in [0.2, 0.25) is 0 Å². The van der Waals surface area contributed by atoms with Crippen LogP contribution >= 0.6 is 11.3 Å². The van der Waals surface area contributed by atoms with Crippen LogP contribution in [-0.4, -0.2) is 41.5 Å². The van der Waals surface area contributed by atoms with E-state index in [9.17, 15) is 0 Å². The summed E-state index contributed by atoms with van der Waals surface area (Å²) < 4.78 is 19.0. The highest BCUT2D eigenvalue weighted by molar-refractivity contribution is 7.07. The Labute approximate surface area is 173 Å². The van der Waals surface area contributed by atoms with E-state index in [-0.39, 0.29) is 0 Å². The first kappa shape index (κ1) is 19.6. The quantitative estimate of drug-likeness (QED) is 0.562. The Balaban J connectivity index is 1.72. The maximum Gasteiger partial charge on any atom is 0.190 e. The molecule has 29 heavy (non-hydrogen) atoms. The van der Waals surface area contributed by atoms with Gasteiger partial charge >= 0.3 is 0 Å². The average Bonchev–Trinajstić information content (AvgIpc) is 3.12. The second-order valence-corrected chi connectivity index (χ2v) is 7.56. The molecule has 1 aromatic carbocycles. The largest absolute Gasteiger partial charge is 0.497 e. The standard InChI is InChI=1S/C21H24N4O3S/c1-26-16-6-7-20(27-2)17(12-16)24-21-25(10-11-28-15-4-3-5-15)19(14-29-21)18-13-22-8-9-23-18/h6-9,12-15H,3-5,10-11H2,1-2H3. The van der Waals surface area contributed by atoms with Crippen LogP contribution in [0.5, 0.6) is 11.5 Å². The number of ether oxygens (including phenoxy) is 3. The lowest BCUT2D eigenvalue weighted by atomic mass is 9.96. The van der Waals surface area contributed by atoms with Gasteiger partial charge in [-0.1, -0.05) is 0 Å². The molecule has 0 aliphatic heterocycles. The number of hydrogen-bond donors (Lipinski definition) is 0. The SMILES string of the molecule is COc1ccc(OC)c(N=c2scc(-c3cnccn3)n2CCOC2CCC2)c1. The van der Waals surface area contributed by atoms with Gasteiger partial charge in [0.2, 0.25) is 0 Å². The van der Waals surface area contributed by atoms with E-state index in [2.05, 4.69) is 19.9 Å². The van der Waals surface area contributed by atoms with Gasteiger partial charge in [0.05, 0.1) is 38.8 Å². The fourth-order valence-electron chi connectivity index (χ4n) is 3.11. The Morgan fingerprint density at radius 2 is 2.10 bits per heavy atom. The van der Waals surface area contributed by atoms with Crippen molar-refractivity contribution in [1.29, 1.82) is 0 Å². The molecule has 0 amide bonds. The number of aromatic nitrogens is 3. The van der Waals surface area contributed by atoms with Crippen molar-refractivity contribution in [1.82, 2.24) is 14.5 Å². The Hall–Kier alpha value is -2.71. The summed E-state index contributed by atoms with van der Waals surface area (Å²) in [4.78, 5) is 14.4. The van der Waals surface area contributed by atoms with Crippen LogP contribution in [0.25, 0.3) is 11.4 Å². The van der Waals surface area contributed by atoms with Crippen LogP contribution in [0.15, 0.2) is 47.2 Å². The fourth-order valence-corrected chi connectivity index (χ4v) is 4.04. The van der Waals surface area contributed by atoms with Crippen molar-refractivity contribution in [3.05, 3.63) is 47.0 Å². The third-order valence-corrected chi connectivity index (χ3v) is 5.81. The summed E-state index contributed by atoms with van der Waals surface area (Å²) in [6, 6.07) is 5.59. The molecule has 1 fully saturated rings. The van der Waals surface area contributed by atoms with Gasteiger partial charge in [0.25, 0.3) is 0 Å². The molecule has 1 saturated carbocycles. The van der Waals surface area contributed by atoms with Gasteiger partial charge in [-0.3, -0.25) is 9.97 Å². The summed E-state index contributed by atoms with van der Waals surface area (Å²) in [5, 5.41) is 2.05. The van der Waals surface area contributed by atoms with Gasteiger partial charge in [-0.05, 0) is 31.4 Å². The summed E-state index contributed by atoms with van der Waals surface area (Å²) in [5.74, 6) is 1.42. The van der Waals surface area contributed by atoms with Gasteiger partial charge in [-0.25, -0.2) is 4.99 Å². The zero-order valence-corrected chi connectivity index (χ0v) is 17.4. The van der Waals surface area contributed by atoms with E-state index >= 15 is 0 Å². The number of nitrogens with zero attached hydrogens (tertiary/aromatic N) is 4. The molecule has 0 radical (unpaired) electrons. The topological polar surface area (TPSA) is 70.8 Å². The number of benzene rings is 1.